The van der Waals surface area contributed by atoms with Crippen LogP contribution in [0.1, 0.15) is 49.9 Å². The molecule has 1 aliphatic heterocycles. The average Bonchev–Trinajstić information content (AvgIpc) is 3.01. The molecule has 1 aromatic carbocycles. The van der Waals surface area contributed by atoms with E-state index in [0.29, 0.717) is 5.75 Å². The zero-order valence-corrected chi connectivity index (χ0v) is 15.8. The molecule has 1 saturated heterocycles. The number of hydrogen-bond acceptors (Lipinski definition) is 5. The first-order valence-corrected chi connectivity index (χ1v) is 9.15. The second-order valence-electron chi connectivity index (χ2n) is 6.63. The molecule has 0 aliphatic carbocycles. The molecule has 1 fully saturated rings. The van der Waals surface area contributed by atoms with Crippen LogP contribution in [0.25, 0.3) is 0 Å². The van der Waals surface area contributed by atoms with Gasteiger partial charge in [-0.25, -0.2) is 0 Å². The molecule has 6 heteroatoms. The number of hydrogen-bond donors (Lipinski definition) is 3. The van der Waals surface area contributed by atoms with Crippen LogP contribution in [-0.4, -0.2) is 48.7 Å². The molecule has 0 aromatic heterocycles. The lowest BCUT2D eigenvalue weighted by atomic mass is 9.91. The Morgan fingerprint density at radius 1 is 1.40 bits per heavy atom. The van der Waals surface area contributed by atoms with Crippen molar-refractivity contribution in [1.29, 1.82) is 0 Å². The minimum atomic E-state index is -0.223. The van der Waals surface area contributed by atoms with Crippen LogP contribution in [0.5, 0.6) is 5.75 Å². The van der Waals surface area contributed by atoms with E-state index in [1.54, 1.807) is 0 Å². The average molecular weight is 349 g/mol. The molecule has 3 N–H and O–H groups in total. The topological polar surface area (TPSA) is 73.8 Å². The predicted molar refractivity (Wildman–Crippen MR) is 98.5 cm³/mol. The van der Waals surface area contributed by atoms with Crippen molar-refractivity contribution in [2.24, 2.45) is 0 Å². The monoisotopic (exact) mass is 349 g/mol. The first-order chi connectivity index (χ1) is 12.0. The molecule has 2 atom stereocenters. The maximum atomic E-state index is 11.2. The highest BCUT2D eigenvalue weighted by atomic mass is 16.7. The molecule has 1 aliphatic rings. The first kappa shape index (κ1) is 19.7. The van der Waals surface area contributed by atoms with Crippen molar-refractivity contribution in [2.75, 3.05) is 26.7 Å². The van der Waals surface area contributed by atoms with Crippen LogP contribution in [-0.2, 0) is 17.6 Å². The smallest absolute Gasteiger partial charge is 0.249 e. The van der Waals surface area contributed by atoms with Crippen LogP contribution < -0.4 is 15.6 Å². The lowest BCUT2D eigenvalue weighted by molar-refractivity contribution is -0.125. The second kappa shape index (κ2) is 9.17. The van der Waals surface area contributed by atoms with Gasteiger partial charge in [0.15, 0.2) is 5.75 Å². The Balaban J connectivity index is 2.33. The Morgan fingerprint density at radius 2 is 2.16 bits per heavy atom. The van der Waals surface area contributed by atoms with Gasteiger partial charge in [-0.1, -0.05) is 19.9 Å². The van der Waals surface area contributed by atoms with Gasteiger partial charge in [0.2, 0.25) is 5.91 Å². The van der Waals surface area contributed by atoms with Gasteiger partial charge < -0.3 is 15.3 Å². The standard InChI is InChI=1S/C19H31N3O3/c1-5-14-7-8-18(25-21-13(3)23)16(6-2)19(14)17(20-4)12-22-10-9-15(24)11-22/h7-8,15,17,20,24H,5-6,9-12H2,1-4H3,(H,21,23)/t15-,17+/m0/s1. The molecule has 0 saturated carbocycles. The van der Waals surface area contributed by atoms with E-state index in [2.05, 4.69) is 35.6 Å². The summed E-state index contributed by atoms with van der Waals surface area (Å²) in [5.74, 6) is 0.478. The quantitative estimate of drug-likeness (QED) is 0.621. The molecular weight excluding hydrogens is 318 g/mol. The number of amides is 1. The van der Waals surface area contributed by atoms with Crippen LogP contribution in [0.15, 0.2) is 12.1 Å². The molecule has 25 heavy (non-hydrogen) atoms. The van der Waals surface area contributed by atoms with E-state index in [1.165, 1.54) is 18.1 Å². The summed E-state index contributed by atoms with van der Waals surface area (Å²) in [7, 11) is 1.97. The van der Waals surface area contributed by atoms with Crippen molar-refractivity contribution in [3.05, 3.63) is 28.8 Å². The number of likely N-dealkylation sites (N-methyl/N-ethyl adjacent to an activating group) is 1. The first-order valence-electron chi connectivity index (χ1n) is 9.15. The van der Waals surface area contributed by atoms with Crippen LogP contribution in [0.3, 0.4) is 0 Å². The minimum Gasteiger partial charge on any atom is -0.392 e. The highest BCUT2D eigenvalue weighted by Crippen LogP contribution is 2.32. The number of carbonyl (C=O) groups is 1. The summed E-state index contributed by atoms with van der Waals surface area (Å²) in [6.45, 7) is 8.18. The molecular formula is C19H31N3O3. The number of hydroxylamine groups is 1. The number of nitrogens with zero attached hydrogens (tertiary/aromatic N) is 1. The number of benzene rings is 1. The summed E-state index contributed by atoms with van der Waals surface area (Å²) in [6.07, 6.45) is 2.37. The zero-order valence-electron chi connectivity index (χ0n) is 15.8. The van der Waals surface area contributed by atoms with Crippen molar-refractivity contribution in [3.63, 3.8) is 0 Å². The van der Waals surface area contributed by atoms with Crippen molar-refractivity contribution < 1.29 is 14.7 Å². The number of nitrogens with one attached hydrogen (secondary N) is 2. The maximum Gasteiger partial charge on any atom is 0.249 e. The van der Waals surface area contributed by atoms with Gasteiger partial charge in [-0.3, -0.25) is 9.69 Å². The molecule has 0 spiro atoms. The Bertz CT molecular complexity index is 592. The predicted octanol–water partition coefficient (Wildman–Crippen LogP) is 1.57. The highest BCUT2D eigenvalue weighted by Gasteiger charge is 2.26. The summed E-state index contributed by atoms with van der Waals surface area (Å²) in [5, 5.41) is 13.2. The van der Waals surface area contributed by atoms with E-state index < -0.39 is 0 Å². The number of aliphatic hydroxyl groups excluding tert-OH is 1. The second-order valence-corrected chi connectivity index (χ2v) is 6.63. The van der Waals surface area contributed by atoms with E-state index in [0.717, 1.165) is 44.5 Å². The van der Waals surface area contributed by atoms with E-state index in [-0.39, 0.29) is 18.1 Å². The van der Waals surface area contributed by atoms with Crippen LogP contribution in [0, 0.1) is 0 Å². The number of aliphatic hydroxyl groups is 1. The molecule has 1 aromatic rings. The molecule has 0 unspecified atom stereocenters. The Hall–Kier alpha value is -1.63. The third-order valence-electron chi connectivity index (χ3n) is 4.83. The van der Waals surface area contributed by atoms with Crippen LogP contribution in [0.2, 0.25) is 0 Å². The Morgan fingerprint density at radius 3 is 2.68 bits per heavy atom. The summed E-state index contributed by atoms with van der Waals surface area (Å²) in [4.78, 5) is 19.0. The van der Waals surface area contributed by atoms with Crippen molar-refractivity contribution in [2.45, 2.75) is 52.2 Å². The normalized spacial score (nSPS) is 19.0. The van der Waals surface area contributed by atoms with E-state index in [4.69, 9.17) is 4.84 Å². The lowest BCUT2D eigenvalue weighted by Crippen LogP contribution is -2.34. The number of β-amino-alcohol motifs (C(OH)–C–C–N with tert-alkyl or cyclic N) is 1. The van der Waals surface area contributed by atoms with Crippen molar-refractivity contribution in [1.82, 2.24) is 15.7 Å². The molecule has 1 heterocycles. The van der Waals surface area contributed by atoms with Gasteiger partial charge in [0.05, 0.1) is 6.10 Å². The highest BCUT2D eigenvalue weighted by molar-refractivity contribution is 5.71. The fraction of sp³-hybridized carbons (Fsp3) is 0.632. The third kappa shape index (κ3) is 4.93. The van der Waals surface area contributed by atoms with Gasteiger partial charge in [0, 0.05) is 38.2 Å². The van der Waals surface area contributed by atoms with Crippen molar-refractivity contribution >= 4 is 5.91 Å². The number of carbonyl (C=O) groups excluding carboxylic acids is 1. The van der Waals surface area contributed by atoms with Crippen molar-refractivity contribution in [3.8, 4) is 5.75 Å². The number of aryl methyl sites for hydroxylation is 1. The van der Waals surface area contributed by atoms with Gasteiger partial charge in [-0.05, 0) is 43.5 Å². The molecule has 0 radical (unpaired) electrons. The zero-order chi connectivity index (χ0) is 18.4. The molecule has 1 amide bonds. The molecule has 6 nitrogen and oxygen atoms in total. The summed E-state index contributed by atoms with van der Waals surface area (Å²) in [5.41, 5.74) is 6.08. The Kier molecular flexibility index (Phi) is 7.23. The van der Waals surface area contributed by atoms with E-state index >= 15 is 0 Å². The SMILES string of the molecule is CCc1ccc(ONC(C)=O)c(CC)c1[C@@H](CN1CC[C@H](O)C1)NC. The van der Waals surface area contributed by atoms with Gasteiger partial charge in [0.25, 0.3) is 0 Å². The number of rotatable bonds is 8. The summed E-state index contributed by atoms with van der Waals surface area (Å²) in [6, 6.07) is 4.16. The number of likely N-dealkylation sites (tertiary alicyclic amines) is 1. The third-order valence-corrected chi connectivity index (χ3v) is 4.83. The van der Waals surface area contributed by atoms with Crippen LogP contribution >= 0.6 is 0 Å². The maximum absolute atomic E-state index is 11.2. The molecule has 0 bridgehead atoms. The van der Waals surface area contributed by atoms with Crippen LogP contribution in [0.4, 0.5) is 0 Å². The summed E-state index contributed by atoms with van der Waals surface area (Å²) < 4.78 is 0. The van der Waals surface area contributed by atoms with E-state index in [1.807, 2.05) is 13.1 Å². The largest absolute Gasteiger partial charge is 0.392 e. The van der Waals surface area contributed by atoms with Gasteiger partial charge in [0.1, 0.15) is 0 Å². The van der Waals surface area contributed by atoms with Gasteiger partial charge >= 0.3 is 0 Å². The summed E-state index contributed by atoms with van der Waals surface area (Å²) >= 11 is 0. The van der Waals surface area contributed by atoms with Gasteiger partial charge in [-0.15, -0.1) is 0 Å². The molecule has 140 valence electrons. The minimum absolute atomic E-state index is 0.149. The fourth-order valence-electron chi connectivity index (χ4n) is 3.59. The van der Waals surface area contributed by atoms with Gasteiger partial charge in [-0.2, -0.15) is 5.48 Å². The lowest BCUT2D eigenvalue weighted by Gasteiger charge is -2.28. The Labute approximate surface area is 150 Å². The van der Waals surface area contributed by atoms with E-state index in [9.17, 15) is 9.90 Å². The fourth-order valence-corrected chi connectivity index (χ4v) is 3.59. The molecule has 2 rings (SSSR count).